The van der Waals surface area contributed by atoms with Crippen LogP contribution in [-0.2, 0) is 6.54 Å². The molecule has 0 unspecified atom stereocenters. The number of aromatic hydroxyl groups is 1. The molecule has 32 heavy (non-hydrogen) atoms. The van der Waals surface area contributed by atoms with Crippen molar-refractivity contribution in [2.24, 2.45) is 10.2 Å². The van der Waals surface area contributed by atoms with Gasteiger partial charge in [0, 0.05) is 16.1 Å². The van der Waals surface area contributed by atoms with Crippen LogP contribution in [0.4, 0.5) is 11.4 Å². The molecule has 9 heteroatoms. The van der Waals surface area contributed by atoms with Crippen molar-refractivity contribution in [2.75, 3.05) is 12.4 Å². The maximum atomic E-state index is 10.9. The van der Waals surface area contributed by atoms with Crippen molar-refractivity contribution < 1.29 is 9.84 Å². The average molecular weight is 485 g/mol. The van der Waals surface area contributed by atoms with E-state index in [4.69, 9.17) is 40.2 Å². The SMILES string of the molecule is COc1ccc(NC(=S)N=Nc2c(O)n(Cc3ccccc3Cl)c3ccccc23)cc1Cl. The minimum Gasteiger partial charge on any atom is -0.495 e. The van der Waals surface area contributed by atoms with E-state index in [1.165, 1.54) is 0 Å². The van der Waals surface area contributed by atoms with E-state index >= 15 is 0 Å². The molecule has 0 saturated heterocycles. The number of hydrogen-bond acceptors (Lipinski definition) is 4. The third-order valence-corrected chi connectivity index (χ3v) is 5.70. The van der Waals surface area contributed by atoms with Crippen LogP contribution >= 0.6 is 35.4 Å². The number of azo groups is 1. The lowest BCUT2D eigenvalue weighted by atomic mass is 10.2. The van der Waals surface area contributed by atoms with Crippen LogP contribution < -0.4 is 10.1 Å². The molecule has 1 aromatic heterocycles. The normalized spacial score (nSPS) is 11.2. The predicted octanol–water partition coefficient (Wildman–Crippen LogP) is 7.19. The number of ether oxygens (including phenoxy) is 1. The summed E-state index contributed by atoms with van der Waals surface area (Å²) in [4.78, 5) is 0. The number of fused-ring (bicyclic) bond motifs is 1. The van der Waals surface area contributed by atoms with Crippen LogP contribution in [0.1, 0.15) is 5.56 Å². The maximum absolute atomic E-state index is 10.9. The fourth-order valence-electron chi connectivity index (χ4n) is 3.32. The highest BCUT2D eigenvalue weighted by atomic mass is 35.5. The summed E-state index contributed by atoms with van der Waals surface area (Å²) in [5, 5.41) is 24.1. The molecule has 0 aliphatic carbocycles. The van der Waals surface area contributed by atoms with E-state index in [1.54, 1.807) is 29.9 Å². The van der Waals surface area contributed by atoms with Crippen molar-refractivity contribution in [1.82, 2.24) is 4.57 Å². The van der Waals surface area contributed by atoms with Crippen LogP contribution in [0.25, 0.3) is 10.9 Å². The number of hydrogen-bond donors (Lipinski definition) is 2. The van der Waals surface area contributed by atoms with E-state index in [9.17, 15) is 5.11 Å². The first kappa shape index (κ1) is 22.1. The number of benzene rings is 3. The first-order chi connectivity index (χ1) is 15.5. The third kappa shape index (κ3) is 4.55. The Balaban J connectivity index is 1.62. The van der Waals surface area contributed by atoms with E-state index in [0.717, 1.165) is 16.5 Å². The van der Waals surface area contributed by atoms with Crippen molar-refractivity contribution in [3.8, 4) is 11.6 Å². The molecule has 0 saturated carbocycles. The Kier molecular flexibility index (Phi) is 6.60. The van der Waals surface area contributed by atoms with Gasteiger partial charge >= 0.3 is 0 Å². The average Bonchev–Trinajstić information content (AvgIpc) is 3.05. The van der Waals surface area contributed by atoms with Gasteiger partial charge in [-0.1, -0.05) is 59.6 Å². The van der Waals surface area contributed by atoms with Gasteiger partial charge < -0.3 is 19.7 Å². The molecule has 0 fully saturated rings. The van der Waals surface area contributed by atoms with Crippen LogP contribution in [0.2, 0.25) is 10.0 Å². The number of halogens is 2. The van der Waals surface area contributed by atoms with Crippen molar-refractivity contribution in [2.45, 2.75) is 6.54 Å². The number of rotatable bonds is 5. The molecule has 0 spiro atoms. The van der Waals surface area contributed by atoms with Gasteiger partial charge in [-0.15, -0.1) is 10.2 Å². The standard InChI is InChI=1S/C23H18Cl2N4O2S/c1-31-20-11-10-15(12-18(20)25)26-23(32)28-27-21-16-7-3-5-9-19(16)29(22(21)30)13-14-6-2-4-8-17(14)24/h2-12,30H,13H2,1H3,(H,26,32). The second kappa shape index (κ2) is 9.56. The molecule has 4 aromatic rings. The van der Waals surface area contributed by atoms with Gasteiger partial charge in [-0.25, -0.2) is 0 Å². The highest BCUT2D eigenvalue weighted by Gasteiger charge is 2.17. The first-order valence-electron chi connectivity index (χ1n) is 9.58. The molecule has 0 atom stereocenters. The van der Waals surface area contributed by atoms with E-state index in [-0.39, 0.29) is 11.0 Å². The molecule has 162 valence electrons. The van der Waals surface area contributed by atoms with Gasteiger partial charge in [-0.2, -0.15) is 0 Å². The number of para-hydroxylation sites is 1. The summed E-state index contributed by atoms with van der Waals surface area (Å²) in [5.41, 5.74) is 2.65. The molecule has 6 nitrogen and oxygen atoms in total. The van der Waals surface area contributed by atoms with Crippen molar-refractivity contribution in [3.63, 3.8) is 0 Å². The van der Waals surface area contributed by atoms with Crippen LogP contribution in [0, 0.1) is 0 Å². The van der Waals surface area contributed by atoms with E-state index in [0.29, 0.717) is 33.7 Å². The van der Waals surface area contributed by atoms with Crippen molar-refractivity contribution in [1.29, 1.82) is 0 Å². The molecular formula is C23H18Cl2N4O2S. The predicted molar refractivity (Wildman–Crippen MR) is 133 cm³/mol. The minimum absolute atomic E-state index is 0.0230. The molecule has 0 bridgehead atoms. The lowest BCUT2D eigenvalue weighted by Gasteiger charge is -2.08. The van der Waals surface area contributed by atoms with Gasteiger partial charge in [0.25, 0.3) is 0 Å². The molecule has 3 aromatic carbocycles. The quantitative estimate of drug-likeness (QED) is 0.232. The molecule has 0 aliphatic heterocycles. The fraction of sp³-hybridized carbons (Fsp3) is 0.0870. The van der Waals surface area contributed by atoms with Crippen LogP contribution in [0.15, 0.2) is 77.0 Å². The second-order valence-corrected chi connectivity index (χ2v) is 8.05. The van der Waals surface area contributed by atoms with E-state index in [2.05, 4.69) is 15.5 Å². The maximum Gasteiger partial charge on any atom is 0.221 e. The summed E-state index contributed by atoms with van der Waals surface area (Å²) < 4.78 is 6.88. The molecular weight excluding hydrogens is 467 g/mol. The number of methoxy groups -OCH3 is 1. The van der Waals surface area contributed by atoms with Crippen LogP contribution in [0.3, 0.4) is 0 Å². The van der Waals surface area contributed by atoms with E-state index < -0.39 is 0 Å². The van der Waals surface area contributed by atoms with Crippen LogP contribution in [-0.4, -0.2) is 21.9 Å². The fourth-order valence-corrected chi connectivity index (χ4v) is 3.93. The Morgan fingerprint density at radius 2 is 1.81 bits per heavy atom. The lowest BCUT2D eigenvalue weighted by Crippen LogP contribution is -2.04. The largest absolute Gasteiger partial charge is 0.495 e. The van der Waals surface area contributed by atoms with Gasteiger partial charge in [-0.05, 0) is 48.1 Å². The zero-order valence-electron chi connectivity index (χ0n) is 16.9. The summed E-state index contributed by atoms with van der Waals surface area (Å²) in [5.74, 6) is 0.533. The molecule has 1 heterocycles. The molecule has 2 N–H and O–H groups in total. The smallest absolute Gasteiger partial charge is 0.221 e. The van der Waals surface area contributed by atoms with Gasteiger partial charge in [0.15, 0.2) is 5.69 Å². The highest BCUT2D eigenvalue weighted by molar-refractivity contribution is 7.80. The number of anilines is 1. The summed E-state index contributed by atoms with van der Waals surface area (Å²) in [7, 11) is 1.54. The monoisotopic (exact) mass is 484 g/mol. The van der Waals surface area contributed by atoms with Crippen LogP contribution in [0.5, 0.6) is 11.6 Å². The zero-order chi connectivity index (χ0) is 22.7. The summed E-state index contributed by atoms with van der Waals surface area (Å²) in [6.45, 7) is 0.384. The number of aromatic nitrogens is 1. The van der Waals surface area contributed by atoms with E-state index in [1.807, 2.05) is 48.5 Å². The van der Waals surface area contributed by atoms with Gasteiger partial charge in [0.05, 0.1) is 24.2 Å². The zero-order valence-corrected chi connectivity index (χ0v) is 19.2. The summed E-state index contributed by atoms with van der Waals surface area (Å²) in [6, 6.07) is 20.2. The van der Waals surface area contributed by atoms with Crippen molar-refractivity contribution >= 4 is 62.8 Å². The van der Waals surface area contributed by atoms with Gasteiger partial charge in [-0.3, -0.25) is 0 Å². The van der Waals surface area contributed by atoms with Crippen molar-refractivity contribution in [3.05, 3.63) is 82.3 Å². The Labute approximate surface area is 200 Å². The summed E-state index contributed by atoms with van der Waals surface area (Å²) >= 11 is 17.7. The molecule has 0 aliphatic rings. The highest BCUT2D eigenvalue weighted by Crippen LogP contribution is 2.39. The third-order valence-electron chi connectivity index (χ3n) is 4.85. The molecule has 0 radical (unpaired) electrons. The van der Waals surface area contributed by atoms with Gasteiger partial charge in [0.1, 0.15) is 5.75 Å². The van der Waals surface area contributed by atoms with Gasteiger partial charge in [0.2, 0.25) is 11.0 Å². The Morgan fingerprint density at radius 3 is 2.56 bits per heavy atom. The number of thiocarbonyl (C=S) groups is 1. The Morgan fingerprint density at radius 1 is 1.06 bits per heavy atom. The minimum atomic E-state index is -0.0230. The topological polar surface area (TPSA) is 71.1 Å². The Bertz CT molecular complexity index is 1340. The Hall–Kier alpha value is -3.13. The number of nitrogens with one attached hydrogen (secondary N) is 1. The molecule has 0 amide bonds. The lowest BCUT2D eigenvalue weighted by molar-refractivity contribution is 0.415. The number of nitrogens with zero attached hydrogens (tertiary/aromatic N) is 3. The molecule has 4 rings (SSSR count). The first-order valence-corrected chi connectivity index (χ1v) is 10.7. The summed E-state index contributed by atoms with van der Waals surface area (Å²) in [6.07, 6.45) is 0. The second-order valence-electron chi connectivity index (χ2n) is 6.85.